The standard InChI is InChI=1S/C17H20Cl2N4O.ClH/c1-11(14-5-4-12(18)9-15(14)19)21-17(24)16-6-8-23(22-16)13-3-2-7-20-10-13;/h4-6,8-9,11,13,20H,2-3,7,10H2,1H3,(H,21,24);1H. The van der Waals surface area contributed by atoms with Gasteiger partial charge in [0.1, 0.15) is 5.69 Å². The first-order chi connectivity index (χ1) is 11.5. The van der Waals surface area contributed by atoms with Crippen LogP contribution in [-0.2, 0) is 0 Å². The van der Waals surface area contributed by atoms with Crippen molar-refractivity contribution in [3.63, 3.8) is 0 Å². The van der Waals surface area contributed by atoms with Gasteiger partial charge in [-0.25, -0.2) is 0 Å². The zero-order chi connectivity index (χ0) is 17.1. The number of hydrogen-bond acceptors (Lipinski definition) is 3. The fraction of sp³-hybridized carbons (Fsp3) is 0.412. The van der Waals surface area contributed by atoms with Crippen LogP contribution in [0.25, 0.3) is 0 Å². The summed E-state index contributed by atoms with van der Waals surface area (Å²) < 4.78 is 1.88. The minimum Gasteiger partial charge on any atom is -0.344 e. The number of hydrogen-bond donors (Lipinski definition) is 2. The van der Waals surface area contributed by atoms with E-state index in [1.165, 1.54) is 0 Å². The number of piperidine rings is 1. The second-order valence-corrected chi connectivity index (χ2v) is 6.89. The molecule has 0 bridgehead atoms. The van der Waals surface area contributed by atoms with Crippen LogP contribution in [0.4, 0.5) is 0 Å². The fourth-order valence-corrected chi connectivity index (χ4v) is 3.49. The minimum atomic E-state index is -0.233. The zero-order valence-electron chi connectivity index (χ0n) is 13.8. The highest BCUT2D eigenvalue weighted by Gasteiger charge is 2.19. The van der Waals surface area contributed by atoms with Crippen molar-refractivity contribution in [3.05, 3.63) is 51.8 Å². The third-order valence-corrected chi connectivity index (χ3v) is 4.82. The smallest absolute Gasteiger partial charge is 0.272 e. The molecule has 2 aromatic rings. The molecule has 25 heavy (non-hydrogen) atoms. The molecule has 136 valence electrons. The molecule has 2 atom stereocenters. The lowest BCUT2D eigenvalue weighted by atomic mass is 10.1. The molecule has 5 nitrogen and oxygen atoms in total. The van der Waals surface area contributed by atoms with Gasteiger partial charge in [0.2, 0.25) is 0 Å². The molecule has 2 heterocycles. The highest BCUT2D eigenvalue weighted by molar-refractivity contribution is 6.35. The van der Waals surface area contributed by atoms with Crippen molar-refractivity contribution in [1.29, 1.82) is 0 Å². The molecule has 1 aliphatic heterocycles. The summed E-state index contributed by atoms with van der Waals surface area (Å²) in [6.45, 7) is 3.82. The van der Waals surface area contributed by atoms with Gasteiger partial charge in [0.15, 0.2) is 0 Å². The van der Waals surface area contributed by atoms with Crippen molar-refractivity contribution < 1.29 is 4.79 Å². The first-order valence-corrected chi connectivity index (χ1v) is 8.82. The number of rotatable bonds is 4. The van der Waals surface area contributed by atoms with E-state index in [9.17, 15) is 4.79 Å². The van der Waals surface area contributed by atoms with Crippen molar-refractivity contribution in [2.75, 3.05) is 13.1 Å². The monoisotopic (exact) mass is 402 g/mol. The maximum absolute atomic E-state index is 12.4. The van der Waals surface area contributed by atoms with Crippen LogP contribution in [0.1, 0.15) is 47.9 Å². The molecule has 1 aliphatic rings. The highest BCUT2D eigenvalue weighted by Crippen LogP contribution is 2.26. The van der Waals surface area contributed by atoms with Crippen LogP contribution in [0.15, 0.2) is 30.5 Å². The number of carbonyl (C=O) groups is 1. The number of halogens is 3. The van der Waals surface area contributed by atoms with Crippen molar-refractivity contribution in [2.45, 2.75) is 31.8 Å². The number of carbonyl (C=O) groups excluding carboxylic acids is 1. The summed E-state index contributed by atoms with van der Waals surface area (Å²) in [5.74, 6) is -0.212. The van der Waals surface area contributed by atoms with Crippen molar-refractivity contribution in [1.82, 2.24) is 20.4 Å². The van der Waals surface area contributed by atoms with Gasteiger partial charge in [0.05, 0.1) is 12.1 Å². The van der Waals surface area contributed by atoms with E-state index in [2.05, 4.69) is 15.7 Å². The fourth-order valence-electron chi connectivity index (χ4n) is 2.92. The Hall–Kier alpha value is -1.27. The molecule has 0 radical (unpaired) electrons. The number of nitrogens with zero attached hydrogens (tertiary/aromatic N) is 2. The van der Waals surface area contributed by atoms with E-state index in [1.807, 2.05) is 23.9 Å². The van der Waals surface area contributed by atoms with E-state index in [0.29, 0.717) is 21.8 Å². The topological polar surface area (TPSA) is 59.0 Å². The summed E-state index contributed by atoms with van der Waals surface area (Å²) >= 11 is 12.1. The quantitative estimate of drug-likeness (QED) is 0.810. The summed E-state index contributed by atoms with van der Waals surface area (Å²) in [6, 6.07) is 7.08. The Labute approximate surface area is 163 Å². The Morgan fingerprint density at radius 1 is 1.40 bits per heavy atom. The number of aromatic nitrogens is 2. The van der Waals surface area contributed by atoms with Gasteiger partial charge in [0, 0.05) is 22.8 Å². The number of benzene rings is 1. The lowest BCUT2D eigenvalue weighted by molar-refractivity contribution is 0.0933. The Morgan fingerprint density at radius 2 is 2.20 bits per heavy atom. The molecular formula is C17H21Cl3N4O. The van der Waals surface area contributed by atoms with Gasteiger partial charge in [-0.3, -0.25) is 9.48 Å². The van der Waals surface area contributed by atoms with Crippen LogP contribution < -0.4 is 10.6 Å². The Morgan fingerprint density at radius 3 is 2.88 bits per heavy atom. The van der Waals surface area contributed by atoms with Gasteiger partial charge in [-0.2, -0.15) is 5.10 Å². The highest BCUT2D eigenvalue weighted by atomic mass is 35.5. The van der Waals surface area contributed by atoms with E-state index in [-0.39, 0.29) is 24.4 Å². The van der Waals surface area contributed by atoms with E-state index < -0.39 is 0 Å². The Balaban J connectivity index is 0.00000225. The van der Waals surface area contributed by atoms with Gasteiger partial charge in [-0.05, 0) is 50.1 Å². The summed E-state index contributed by atoms with van der Waals surface area (Å²) in [4.78, 5) is 12.4. The Bertz CT molecular complexity index is 728. The molecule has 2 unspecified atom stereocenters. The molecule has 1 aromatic heterocycles. The third-order valence-electron chi connectivity index (χ3n) is 4.26. The van der Waals surface area contributed by atoms with Gasteiger partial charge in [-0.1, -0.05) is 29.3 Å². The largest absolute Gasteiger partial charge is 0.344 e. The SMILES string of the molecule is CC(NC(=O)c1ccn(C2CCCNC2)n1)c1ccc(Cl)cc1Cl.Cl. The normalized spacial score (nSPS) is 18.3. The van der Waals surface area contributed by atoms with Crippen LogP contribution in [0.5, 0.6) is 0 Å². The maximum Gasteiger partial charge on any atom is 0.272 e. The van der Waals surface area contributed by atoms with E-state index in [0.717, 1.165) is 31.5 Å². The predicted octanol–water partition coefficient (Wildman–Crippen LogP) is 4.03. The molecule has 1 saturated heterocycles. The number of amides is 1. The maximum atomic E-state index is 12.4. The molecule has 0 aliphatic carbocycles. The third kappa shape index (κ3) is 4.88. The number of nitrogens with one attached hydrogen (secondary N) is 2. The van der Waals surface area contributed by atoms with Crippen molar-refractivity contribution in [3.8, 4) is 0 Å². The summed E-state index contributed by atoms with van der Waals surface area (Å²) in [5.41, 5.74) is 1.24. The van der Waals surface area contributed by atoms with Gasteiger partial charge < -0.3 is 10.6 Å². The second kappa shape index (κ2) is 8.90. The van der Waals surface area contributed by atoms with E-state index >= 15 is 0 Å². The lowest BCUT2D eigenvalue weighted by Gasteiger charge is -2.22. The van der Waals surface area contributed by atoms with Crippen molar-refractivity contribution >= 4 is 41.5 Å². The first-order valence-electron chi connectivity index (χ1n) is 8.06. The zero-order valence-corrected chi connectivity index (χ0v) is 16.2. The Kier molecular flexibility index (Phi) is 7.14. The summed E-state index contributed by atoms with van der Waals surface area (Å²) in [7, 11) is 0. The lowest BCUT2D eigenvalue weighted by Crippen LogP contribution is -2.32. The molecule has 8 heteroatoms. The van der Waals surface area contributed by atoms with Crippen LogP contribution in [0.3, 0.4) is 0 Å². The van der Waals surface area contributed by atoms with Gasteiger partial charge in [0.25, 0.3) is 5.91 Å². The van der Waals surface area contributed by atoms with Crippen LogP contribution in [0, 0.1) is 0 Å². The molecule has 2 N–H and O–H groups in total. The molecular weight excluding hydrogens is 383 g/mol. The van der Waals surface area contributed by atoms with Crippen LogP contribution in [-0.4, -0.2) is 28.8 Å². The molecule has 1 amide bonds. The predicted molar refractivity (Wildman–Crippen MR) is 103 cm³/mol. The molecule has 1 aromatic carbocycles. The first kappa shape index (κ1) is 20.0. The molecule has 0 saturated carbocycles. The average Bonchev–Trinajstić information content (AvgIpc) is 3.05. The van der Waals surface area contributed by atoms with E-state index in [4.69, 9.17) is 23.2 Å². The summed E-state index contributed by atoms with van der Waals surface area (Å²) in [5, 5.41) is 11.8. The molecule has 0 spiro atoms. The van der Waals surface area contributed by atoms with Crippen molar-refractivity contribution in [2.24, 2.45) is 0 Å². The van der Waals surface area contributed by atoms with E-state index in [1.54, 1.807) is 18.2 Å². The minimum absolute atomic E-state index is 0. The molecule has 1 fully saturated rings. The average molecular weight is 404 g/mol. The van der Waals surface area contributed by atoms with Crippen LogP contribution >= 0.6 is 35.6 Å². The summed E-state index contributed by atoms with van der Waals surface area (Å²) in [6.07, 6.45) is 4.07. The van der Waals surface area contributed by atoms with Gasteiger partial charge >= 0.3 is 0 Å². The second-order valence-electron chi connectivity index (χ2n) is 6.04. The van der Waals surface area contributed by atoms with Crippen LogP contribution in [0.2, 0.25) is 10.0 Å². The van der Waals surface area contributed by atoms with Gasteiger partial charge in [-0.15, -0.1) is 12.4 Å². The molecule has 3 rings (SSSR count).